The number of alkyl halides is 3. The van der Waals surface area contributed by atoms with Crippen LogP contribution in [0.15, 0.2) is 71.9 Å². The van der Waals surface area contributed by atoms with Gasteiger partial charge >= 0.3 is 12.2 Å². The lowest BCUT2D eigenvalue weighted by Gasteiger charge is -2.10. The Bertz CT molecular complexity index is 1340. The fourth-order valence-electron chi connectivity index (χ4n) is 3.20. The van der Waals surface area contributed by atoms with E-state index in [2.05, 4.69) is 19.9 Å². The number of halogens is 3. The monoisotopic (exact) mass is 498 g/mol. The molecule has 0 unspecified atom stereocenters. The topological polar surface area (TPSA) is 99.2 Å². The van der Waals surface area contributed by atoms with Crippen LogP contribution in [0.3, 0.4) is 0 Å². The van der Waals surface area contributed by atoms with Gasteiger partial charge in [0.05, 0.1) is 19.3 Å². The Hall–Kier alpha value is -4.41. The summed E-state index contributed by atoms with van der Waals surface area (Å²) in [7, 11) is 1.47. The Kier molecular flexibility index (Phi) is 7.47. The molecule has 186 valence electrons. The zero-order valence-electron chi connectivity index (χ0n) is 19.1. The average molecular weight is 498 g/mol. The number of aromatic nitrogens is 4. The van der Waals surface area contributed by atoms with Gasteiger partial charge in [0.2, 0.25) is 0 Å². The van der Waals surface area contributed by atoms with Gasteiger partial charge in [-0.3, -0.25) is 4.79 Å². The maximum Gasteiger partial charge on any atom is 0.416 e. The molecule has 0 aliphatic carbocycles. The summed E-state index contributed by atoms with van der Waals surface area (Å²) in [6.07, 6.45) is 1.16. The molecule has 0 bridgehead atoms. The molecule has 0 aliphatic heterocycles. The van der Waals surface area contributed by atoms with Crippen LogP contribution in [0.25, 0.3) is 0 Å². The minimum absolute atomic E-state index is 0.108. The van der Waals surface area contributed by atoms with Crippen LogP contribution < -0.4 is 19.8 Å². The Labute approximate surface area is 203 Å². The number of nitrogens with one attached hydrogen (secondary N) is 1. The molecule has 2 aromatic heterocycles. The molecule has 0 atom stereocenters. The first kappa shape index (κ1) is 24.7. The van der Waals surface area contributed by atoms with Crippen LogP contribution >= 0.6 is 0 Å². The summed E-state index contributed by atoms with van der Waals surface area (Å²) in [6, 6.07) is 11.9. The first-order valence-corrected chi connectivity index (χ1v) is 10.8. The third-order valence-electron chi connectivity index (χ3n) is 5.08. The van der Waals surface area contributed by atoms with Crippen LogP contribution in [0.4, 0.5) is 13.2 Å². The fraction of sp³-hybridized carbons (Fsp3) is 0.200. The third kappa shape index (κ3) is 6.59. The van der Waals surface area contributed by atoms with Gasteiger partial charge in [-0.15, -0.1) is 0 Å². The summed E-state index contributed by atoms with van der Waals surface area (Å²) < 4.78 is 54.0. The van der Waals surface area contributed by atoms with E-state index < -0.39 is 17.3 Å². The Morgan fingerprint density at radius 2 is 1.56 bits per heavy atom. The number of hydrogen-bond donors (Lipinski definition) is 1. The number of rotatable bonds is 9. The molecule has 0 saturated heterocycles. The van der Waals surface area contributed by atoms with Crippen molar-refractivity contribution < 1.29 is 27.4 Å². The molecule has 36 heavy (non-hydrogen) atoms. The van der Waals surface area contributed by atoms with Crippen molar-refractivity contribution in [3.63, 3.8) is 0 Å². The molecule has 0 radical (unpaired) electrons. The van der Waals surface area contributed by atoms with E-state index in [1.165, 1.54) is 19.2 Å². The van der Waals surface area contributed by atoms with E-state index in [1.54, 1.807) is 30.7 Å². The van der Waals surface area contributed by atoms with Crippen molar-refractivity contribution in [2.24, 2.45) is 0 Å². The van der Waals surface area contributed by atoms with Gasteiger partial charge in [-0.25, -0.2) is 9.97 Å². The van der Waals surface area contributed by atoms with Crippen LogP contribution in [0.1, 0.15) is 22.3 Å². The highest BCUT2D eigenvalue weighted by atomic mass is 19.4. The smallest absolute Gasteiger partial charge is 0.416 e. The molecule has 0 aliphatic rings. The van der Waals surface area contributed by atoms with Gasteiger partial charge in [-0.05, 0) is 47.5 Å². The number of methoxy groups -OCH3 is 1. The summed E-state index contributed by atoms with van der Waals surface area (Å²) in [5.74, 6) is 0.792. The van der Waals surface area contributed by atoms with Crippen molar-refractivity contribution in [2.75, 3.05) is 13.7 Å². The van der Waals surface area contributed by atoms with E-state index in [-0.39, 0.29) is 18.6 Å². The molecular weight excluding hydrogens is 477 g/mol. The summed E-state index contributed by atoms with van der Waals surface area (Å²) in [4.78, 5) is 27.1. The summed E-state index contributed by atoms with van der Waals surface area (Å²) >= 11 is 0. The first-order chi connectivity index (χ1) is 17.3. The minimum Gasteiger partial charge on any atom is -0.467 e. The largest absolute Gasteiger partial charge is 0.467 e. The summed E-state index contributed by atoms with van der Waals surface area (Å²) in [6.45, 7) is 0.272. The number of benzene rings is 2. The van der Waals surface area contributed by atoms with E-state index in [0.717, 1.165) is 23.3 Å². The maximum atomic E-state index is 12.7. The van der Waals surface area contributed by atoms with Crippen molar-refractivity contribution in [3.05, 3.63) is 99.7 Å². The lowest BCUT2D eigenvalue weighted by Crippen LogP contribution is -2.16. The van der Waals surface area contributed by atoms with Gasteiger partial charge in [0.1, 0.15) is 11.5 Å². The lowest BCUT2D eigenvalue weighted by atomic mass is 10.1. The SMILES string of the molecule is COc1ncc(Cc2c[nH]c(OCCc3ccc(Oc4ccc(C(F)(F)F)cc4)cc3)nc2=O)cn1. The predicted octanol–water partition coefficient (Wildman–Crippen LogP) is 4.59. The number of aromatic amines is 1. The predicted molar refractivity (Wildman–Crippen MR) is 123 cm³/mol. The van der Waals surface area contributed by atoms with E-state index >= 15 is 0 Å². The molecule has 1 N–H and O–H groups in total. The molecule has 11 heteroatoms. The number of hydrogen-bond acceptors (Lipinski definition) is 7. The molecule has 2 aromatic carbocycles. The highest BCUT2D eigenvalue weighted by molar-refractivity contribution is 5.35. The van der Waals surface area contributed by atoms with Gasteiger partial charge in [0.25, 0.3) is 11.6 Å². The van der Waals surface area contributed by atoms with Crippen molar-refractivity contribution in [3.8, 4) is 23.5 Å². The second kappa shape index (κ2) is 10.9. The molecule has 4 rings (SSSR count). The van der Waals surface area contributed by atoms with E-state index in [9.17, 15) is 18.0 Å². The highest BCUT2D eigenvalue weighted by Gasteiger charge is 2.30. The third-order valence-corrected chi connectivity index (χ3v) is 5.08. The second-order valence-corrected chi connectivity index (χ2v) is 7.66. The minimum atomic E-state index is -4.39. The van der Waals surface area contributed by atoms with Crippen LogP contribution in [-0.4, -0.2) is 33.7 Å². The van der Waals surface area contributed by atoms with Gasteiger partial charge in [0.15, 0.2) is 0 Å². The molecule has 0 saturated carbocycles. The summed E-state index contributed by atoms with van der Waals surface area (Å²) in [5.41, 5.74) is 0.974. The van der Waals surface area contributed by atoms with Crippen molar-refractivity contribution >= 4 is 0 Å². The normalized spacial score (nSPS) is 11.2. The first-order valence-electron chi connectivity index (χ1n) is 10.8. The van der Waals surface area contributed by atoms with Gasteiger partial charge in [-0.1, -0.05) is 12.1 Å². The number of H-pyrrole nitrogens is 1. The quantitative estimate of drug-likeness (QED) is 0.360. The van der Waals surface area contributed by atoms with Crippen LogP contribution in [0, 0.1) is 0 Å². The van der Waals surface area contributed by atoms with Crippen molar-refractivity contribution in [1.29, 1.82) is 0 Å². The molecule has 4 aromatic rings. The zero-order chi connectivity index (χ0) is 25.5. The maximum absolute atomic E-state index is 12.7. The van der Waals surface area contributed by atoms with Gasteiger partial charge in [-0.2, -0.15) is 18.2 Å². The molecular formula is C25H21F3N4O4. The number of ether oxygens (including phenoxy) is 3. The average Bonchev–Trinajstić information content (AvgIpc) is 2.87. The van der Waals surface area contributed by atoms with Crippen LogP contribution in [0.5, 0.6) is 23.5 Å². The Morgan fingerprint density at radius 1 is 0.917 bits per heavy atom. The molecule has 0 fully saturated rings. The standard InChI is InChI=1S/C25H21F3N4O4/c1-34-23-29-13-17(14-30-23)12-18-15-31-24(32-22(18)33)35-11-10-16-2-6-20(7-3-16)36-21-8-4-19(5-9-21)25(26,27)28/h2-9,13-15H,10-12H2,1H3,(H,31,32,33). The summed E-state index contributed by atoms with van der Waals surface area (Å²) in [5, 5.41) is 0. The number of nitrogens with zero attached hydrogens (tertiary/aromatic N) is 3. The van der Waals surface area contributed by atoms with Gasteiger partial charge < -0.3 is 19.2 Å². The zero-order valence-corrected chi connectivity index (χ0v) is 19.1. The Morgan fingerprint density at radius 3 is 2.14 bits per heavy atom. The van der Waals surface area contributed by atoms with Crippen molar-refractivity contribution in [2.45, 2.75) is 19.0 Å². The molecule has 0 spiro atoms. The fourth-order valence-corrected chi connectivity index (χ4v) is 3.20. The van der Waals surface area contributed by atoms with Gasteiger partial charge in [0, 0.05) is 37.0 Å². The van der Waals surface area contributed by atoms with E-state index in [4.69, 9.17) is 14.2 Å². The highest BCUT2D eigenvalue weighted by Crippen LogP contribution is 2.31. The molecule has 2 heterocycles. The van der Waals surface area contributed by atoms with E-state index in [1.807, 2.05) is 12.1 Å². The van der Waals surface area contributed by atoms with E-state index in [0.29, 0.717) is 29.9 Å². The van der Waals surface area contributed by atoms with Crippen LogP contribution in [0.2, 0.25) is 0 Å². The molecule has 0 amide bonds. The lowest BCUT2D eigenvalue weighted by molar-refractivity contribution is -0.137. The Balaban J connectivity index is 1.27. The van der Waals surface area contributed by atoms with Crippen molar-refractivity contribution in [1.82, 2.24) is 19.9 Å². The van der Waals surface area contributed by atoms with Crippen LogP contribution in [-0.2, 0) is 19.0 Å². The molecule has 8 nitrogen and oxygen atoms in total. The second-order valence-electron chi connectivity index (χ2n) is 7.66.